The Labute approximate surface area is 188 Å². The first-order chi connectivity index (χ1) is 15.3. The Morgan fingerprint density at radius 1 is 1.09 bits per heavy atom. The number of amides is 2. The summed E-state index contributed by atoms with van der Waals surface area (Å²) in [5, 5.41) is 5.46. The molecule has 2 N–H and O–H groups in total. The third kappa shape index (κ3) is 6.40. The molecule has 2 aromatic carbocycles. The highest BCUT2D eigenvalue weighted by Gasteiger charge is 2.10. The van der Waals surface area contributed by atoms with E-state index in [2.05, 4.69) is 15.6 Å². The van der Waals surface area contributed by atoms with Gasteiger partial charge in [-0.2, -0.15) is 0 Å². The Kier molecular flexibility index (Phi) is 7.99. The molecule has 0 saturated carbocycles. The quantitative estimate of drug-likeness (QED) is 0.450. The molecule has 170 valence electrons. The van der Waals surface area contributed by atoms with E-state index in [1.54, 1.807) is 6.07 Å². The number of imidazole rings is 1. The molecule has 0 aliphatic rings. The van der Waals surface area contributed by atoms with Gasteiger partial charge in [-0.25, -0.2) is 13.8 Å². The number of nitrogens with zero attached hydrogens (tertiary/aromatic N) is 2. The summed E-state index contributed by atoms with van der Waals surface area (Å²) in [6.45, 7) is 0.384. The minimum atomic E-state index is -0.618. The van der Waals surface area contributed by atoms with Crippen LogP contribution >= 0.6 is 11.6 Å². The van der Waals surface area contributed by atoms with Crippen molar-refractivity contribution in [2.75, 3.05) is 13.2 Å². The number of halogens is 3. The molecule has 7 nitrogen and oxygen atoms in total. The fraction of sp³-hybridized carbons (Fsp3) is 0.318. The summed E-state index contributed by atoms with van der Waals surface area (Å²) in [6, 6.07) is 8.31. The van der Waals surface area contributed by atoms with Crippen LogP contribution in [0.2, 0.25) is 5.02 Å². The minimum Gasteiger partial charge on any atom is -0.484 e. The fourth-order valence-corrected chi connectivity index (χ4v) is 3.17. The Morgan fingerprint density at radius 2 is 1.91 bits per heavy atom. The number of hydrogen-bond donors (Lipinski definition) is 2. The van der Waals surface area contributed by atoms with Crippen LogP contribution in [0.25, 0.3) is 11.0 Å². The molecule has 0 bridgehead atoms. The van der Waals surface area contributed by atoms with Crippen molar-refractivity contribution in [1.82, 2.24) is 20.2 Å². The lowest BCUT2D eigenvalue weighted by atomic mass is 10.2. The number of benzene rings is 2. The van der Waals surface area contributed by atoms with E-state index in [0.29, 0.717) is 37.1 Å². The molecule has 3 rings (SSSR count). The molecule has 3 aromatic rings. The van der Waals surface area contributed by atoms with Gasteiger partial charge >= 0.3 is 0 Å². The Hall–Kier alpha value is -3.20. The van der Waals surface area contributed by atoms with Crippen molar-refractivity contribution in [1.29, 1.82) is 0 Å². The minimum absolute atomic E-state index is 0.0189. The van der Waals surface area contributed by atoms with Gasteiger partial charge < -0.3 is 19.9 Å². The molecular weight excluding hydrogens is 442 g/mol. The van der Waals surface area contributed by atoms with Gasteiger partial charge in [0.2, 0.25) is 5.91 Å². The summed E-state index contributed by atoms with van der Waals surface area (Å²) < 4.78 is 33.7. The highest BCUT2D eigenvalue weighted by atomic mass is 35.5. The van der Waals surface area contributed by atoms with E-state index in [1.807, 2.05) is 11.6 Å². The summed E-state index contributed by atoms with van der Waals surface area (Å²) in [4.78, 5) is 28.2. The summed E-state index contributed by atoms with van der Waals surface area (Å²) in [5.74, 6) is -0.612. The molecule has 32 heavy (non-hydrogen) atoms. The number of ether oxygens (including phenoxy) is 1. The Balaban J connectivity index is 1.30. The second kappa shape index (κ2) is 10.9. The van der Waals surface area contributed by atoms with E-state index in [1.165, 1.54) is 24.3 Å². The van der Waals surface area contributed by atoms with Gasteiger partial charge in [0.15, 0.2) is 6.61 Å². The van der Waals surface area contributed by atoms with Gasteiger partial charge in [-0.1, -0.05) is 11.6 Å². The predicted octanol–water partition coefficient (Wildman–Crippen LogP) is 3.49. The van der Waals surface area contributed by atoms with Crippen molar-refractivity contribution in [3.05, 3.63) is 58.9 Å². The van der Waals surface area contributed by atoms with Crippen molar-refractivity contribution >= 4 is 34.4 Å². The molecule has 0 radical (unpaired) electrons. The highest BCUT2D eigenvalue weighted by molar-refractivity contribution is 6.30. The van der Waals surface area contributed by atoms with Crippen LogP contribution < -0.4 is 15.4 Å². The molecule has 0 spiro atoms. The second-order valence-corrected chi connectivity index (χ2v) is 7.58. The molecule has 0 unspecified atom stereocenters. The van der Waals surface area contributed by atoms with Gasteiger partial charge in [0.25, 0.3) is 5.91 Å². The average molecular weight is 465 g/mol. The standard InChI is InChI=1S/C22H23ClF2N4O3/c1-29-19-8-5-14(24)10-18(19)28-20(29)12-27-21(30)4-2-3-9-26-22(31)13-32-15-6-7-16(23)17(25)11-15/h5-8,10-11H,2-4,9,12-13H2,1H3,(H,26,31)(H,27,30). The molecule has 1 heterocycles. The van der Waals surface area contributed by atoms with Crippen LogP contribution in [0.15, 0.2) is 36.4 Å². The zero-order valence-corrected chi connectivity index (χ0v) is 18.2. The molecule has 0 fully saturated rings. The molecule has 1 aromatic heterocycles. The number of carbonyl (C=O) groups is 2. The van der Waals surface area contributed by atoms with E-state index >= 15 is 0 Å². The first-order valence-electron chi connectivity index (χ1n) is 10.1. The average Bonchev–Trinajstić information content (AvgIpc) is 3.07. The lowest BCUT2D eigenvalue weighted by Crippen LogP contribution is -2.30. The van der Waals surface area contributed by atoms with Crippen molar-refractivity contribution in [3.63, 3.8) is 0 Å². The molecule has 0 aliphatic heterocycles. The summed E-state index contributed by atoms with van der Waals surface area (Å²) in [5.41, 5.74) is 1.33. The Bertz CT molecular complexity index is 1120. The zero-order chi connectivity index (χ0) is 23.1. The number of aromatic nitrogens is 2. The van der Waals surface area contributed by atoms with Crippen molar-refractivity contribution in [3.8, 4) is 5.75 Å². The summed E-state index contributed by atoms with van der Waals surface area (Å²) >= 11 is 5.59. The summed E-state index contributed by atoms with van der Waals surface area (Å²) in [7, 11) is 1.81. The number of hydrogen-bond acceptors (Lipinski definition) is 4. The normalized spacial score (nSPS) is 10.9. The largest absolute Gasteiger partial charge is 0.484 e. The number of fused-ring (bicyclic) bond motifs is 1. The second-order valence-electron chi connectivity index (χ2n) is 7.17. The Morgan fingerprint density at radius 3 is 2.69 bits per heavy atom. The van der Waals surface area contributed by atoms with Gasteiger partial charge in [-0.05, 0) is 37.1 Å². The highest BCUT2D eigenvalue weighted by Crippen LogP contribution is 2.20. The molecule has 0 aliphatic carbocycles. The molecular formula is C22H23ClF2N4O3. The maximum atomic E-state index is 13.3. The van der Waals surface area contributed by atoms with Gasteiger partial charge in [-0.15, -0.1) is 0 Å². The van der Waals surface area contributed by atoms with Crippen molar-refractivity contribution < 1.29 is 23.1 Å². The molecule has 2 amide bonds. The van der Waals surface area contributed by atoms with Crippen molar-refractivity contribution in [2.45, 2.75) is 25.8 Å². The predicted molar refractivity (Wildman–Crippen MR) is 116 cm³/mol. The molecule has 0 atom stereocenters. The van der Waals surface area contributed by atoms with Crippen LogP contribution in [0.1, 0.15) is 25.1 Å². The first kappa shape index (κ1) is 23.5. The van der Waals surface area contributed by atoms with Crippen LogP contribution in [-0.4, -0.2) is 34.5 Å². The van der Waals surface area contributed by atoms with E-state index in [-0.39, 0.29) is 41.6 Å². The molecule has 0 saturated heterocycles. The van der Waals surface area contributed by atoms with E-state index < -0.39 is 5.82 Å². The first-order valence-corrected chi connectivity index (χ1v) is 10.4. The number of carbonyl (C=O) groups excluding carboxylic acids is 2. The maximum absolute atomic E-state index is 13.3. The number of rotatable bonds is 10. The van der Waals surface area contributed by atoms with E-state index in [4.69, 9.17) is 16.3 Å². The van der Waals surface area contributed by atoms with E-state index in [0.717, 1.165) is 11.6 Å². The third-order valence-electron chi connectivity index (χ3n) is 4.79. The topological polar surface area (TPSA) is 85.2 Å². The van der Waals surface area contributed by atoms with Crippen LogP contribution in [0.5, 0.6) is 5.75 Å². The fourth-order valence-electron chi connectivity index (χ4n) is 3.05. The van der Waals surface area contributed by atoms with Crippen LogP contribution in [-0.2, 0) is 23.2 Å². The van der Waals surface area contributed by atoms with Crippen molar-refractivity contribution in [2.24, 2.45) is 7.05 Å². The lowest BCUT2D eigenvalue weighted by Gasteiger charge is -2.08. The molecule has 10 heteroatoms. The maximum Gasteiger partial charge on any atom is 0.257 e. The SMILES string of the molecule is Cn1c(CNC(=O)CCCCNC(=O)COc2ccc(Cl)c(F)c2)nc2cc(F)ccc21. The zero-order valence-electron chi connectivity index (χ0n) is 17.5. The van der Waals surface area contributed by atoms with E-state index in [9.17, 15) is 18.4 Å². The lowest BCUT2D eigenvalue weighted by molar-refractivity contribution is -0.123. The van der Waals surface area contributed by atoms with Gasteiger partial charge in [-0.3, -0.25) is 9.59 Å². The number of unbranched alkanes of at least 4 members (excludes halogenated alkanes) is 1. The third-order valence-corrected chi connectivity index (χ3v) is 5.10. The van der Waals surface area contributed by atoms with Crippen LogP contribution in [0.4, 0.5) is 8.78 Å². The monoisotopic (exact) mass is 464 g/mol. The van der Waals surface area contributed by atoms with Gasteiger partial charge in [0.05, 0.1) is 22.6 Å². The van der Waals surface area contributed by atoms with Crippen LogP contribution in [0.3, 0.4) is 0 Å². The van der Waals surface area contributed by atoms with Gasteiger partial charge in [0, 0.05) is 32.1 Å². The number of aryl methyl sites for hydroxylation is 1. The summed E-state index contributed by atoms with van der Waals surface area (Å²) in [6.07, 6.45) is 1.50. The van der Waals surface area contributed by atoms with Crippen LogP contribution in [0, 0.1) is 11.6 Å². The van der Waals surface area contributed by atoms with Gasteiger partial charge in [0.1, 0.15) is 23.2 Å². The smallest absolute Gasteiger partial charge is 0.257 e. The number of nitrogens with one attached hydrogen (secondary N) is 2.